The summed E-state index contributed by atoms with van der Waals surface area (Å²) in [5.74, 6) is -0.344. The number of nitro groups is 1. The van der Waals surface area contributed by atoms with Gasteiger partial charge in [0.2, 0.25) is 0 Å². The van der Waals surface area contributed by atoms with Crippen molar-refractivity contribution in [2.24, 2.45) is 7.05 Å². The van der Waals surface area contributed by atoms with Gasteiger partial charge in [0.1, 0.15) is 6.54 Å². The number of carbonyl (C=O) groups excluding carboxylic acids is 1. The predicted molar refractivity (Wildman–Crippen MR) is 63.4 cm³/mol. The molecule has 0 atom stereocenters. The van der Waals surface area contributed by atoms with Crippen LogP contribution in [0.5, 0.6) is 0 Å². The molecule has 0 radical (unpaired) electrons. The molecule has 0 N–H and O–H groups in total. The highest BCUT2D eigenvalue weighted by Crippen LogP contribution is 2.14. The Bertz CT molecular complexity index is 612. The van der Waals surface area contributed by atoms with Crippen molar-refractivity contribution in [3.05, 3.63) is 45.9 Å². The first-order chi connectivity index (χ1) is 8.47. The topological polar surface area (TPSA) is 83.0 Å². The van der Waals surface area contributed by atoms with Crippen molar-refractivity contribution in [2.45, 2.75) is 13.5 Å². The predicted octanol–water partition coefficient (Wildman–Crippen LogP) is 1.32. The van der Waals surface area contributed by atoms with Crippen LogP contribution in [0, 0.1) is 17.0 Å². The summed E-state index contributed by atoms with van der Waals surface area (Å²) in [6.45, 7) is 1.59. The first-order valence-corrected chi connectivity index (χ1v) is 5.31. The van der Waals surface area contributed by atoms with Crippen molar-refractivity contribution in [1.82, 2.24) is 14.3 Å². The first kappa shape index (κ1) is 12.0. The minimum atomic E-state index is -0.557. The quantitative estimate of drug-likeness (QED) is 0.464. The van der Waals surface area contributed by atoms with Crippen LogP contribution in [0.3, 0.4) is 0 Å². The van der Waals surface area contributed by atoms with Gasteiger partial charge in [-0.25, -0.2) is 0 Å². The standard InChI is InChI=1S/C11H12N4O3/c1-8-5-14(12-11(8)15(17)18)7-10(16)9-3-4-13(2)6-9/h3-6H,7H2,1-2H3. The van der Waals surface area contributed by atoms with E-state index in [-0.39, 0.29) is 18.1 Å². The van der Waals surface area contributed by atoms with Crippen molar-refractivity contribution in [2.75, 3.05) is 0 Å². The second kappa shape index (κ2) is 4.44. The molecule has 18 heavy (non-hydrogen) atoms. The van der Waals surface area contributed by atoms with Crippen molar-refractivity contribution >= 4 is 11.6 Å². The zero-order valence-electron chi connectivity index (χ0n) is 10.0. The number of carbonyl (C=O) groups is 1. The summed E-state index contributed by atoms with van der Waals surface area (Å²) in [6, 6.07) is 1.70. The number of hydrogen-bond donors (Lipinski definition) is 0. The molecule has 2 aromatic rings. The van der Waals surface area contributed by atoms with Gasteiger partial charge in [0, 0.05) is 25.0 Å². The van der Waals surface area contributed by atoms with E-state index in [4.69, 9.17) is 0 Å². The third-order valence-electron chi connectivity index (χ3n) is 2.55. The molecular weight excluding hydrogens is 236 g/mol. The molecule has 2 heterocycles. The Kier molecular flexibility index (Phi) is 2.97. The van der Waals surface area contributed by atoms with Gasteiger partial charge in [-0.05, 0) is 17.9 Å². The van der Waals surface area contributed by atoms with Gasteiger partial charge >= 0.3 is 5.82 Å². The number of hydrogen-bond acceptors (Lipinski definition) is 4. The monoisotopic (exact) mass is 248 g/mol. The van der Waals surface area contributed by atoms with E-state index in [0.717, 1.165) is 0 Å². The minimum absolute atomic E-state index is 0.00130. The zero-order valence-corrected chi connectivity index (χ0v) is 10.0. The maximum atomic E-state index is 11.9. The molecule has 0 aliphatic rings. The van der Waals surface area contributed by atoms with Gasteiger partial charge in [0.05, 0.1) is 16.9 Å². The Morgan fingerprint density at radius 1 is 1.50 bits per heavy atom. The van der Waals surface area contributed by atoms with Crippen molar-refractivity contribution in [1.29, 1.82) is 0 Å². The van der Waals surface area contributed by atoms with Gasteiger partial charge in [0.15, 0.2) is 5.78 Å². The van der Waals surface area contributed by atoms with Gasteiger partial charge in [-0.1, -0.05) is 0 Å². The van der Waals surface area contributed by atoms with Crippen LogP contribution in [0.1, 0.15) is 15.9 Å². The van der Waals surface area contributed by atoms with E-state index in [9.17, 15) is 14.9 Å². The molecule has 2 aromatic heterocycles. The number of ketones is 1. The van der Waals surface area contributed by atoms with Crippen LogP contribution in [0.2, 0.25) is 0 Å². The fourth-order valence-corrected chi connectivity index (χ4v) is 1.68. The van der Waals surface area contributed by atoms with Crippen LogP contribution in [0.25, 0.3) is 0 Å². The highest BCUT2D eigenvalue weighted by atomic mass is 16.6. The Hall–Kier alpha value is -2.44. The lowest BCUT2D eigenvalue weighted by atomic mass is 10.2. The maximum absolute atomic E-state index is 11.9. The first-order valence-electron chi connectivity index (χ1n) is 5.31. The zero-order chi connectivity index (χ0) is 13.3. The second-order valence-electron chi connectivity index (χ2n) is 4.08. The summed E-state index contributed by atoms with van der Waals surface area (Å²) in [4.78, 5) is 22.0. The van der Waals surface area contributed by atoms with E-state index < -0.39 is 4.92 Å². The Balaban J connectivity index is 2.17. The Morgan fingerprint density at radius 3 is 2.72 bits per heavy atom. The van der Waals surface area contributed by atoms with E-state index >= 15 is 0 Å². The third-order valence-corrected chi connectivity index (χ3v) is 2.55. The largest absolute Gasteiger partial charge is 0.392 e. The Labute approximate surface area is 103 Å². The van der Waals surface area contributed by atoms with E-state index in [1.807, 2.05) is 7.05 Å². The van der Waals surface area contributed by atoms with Crippen LogP contribution in [-0.4, -0.2) is 25.1 Å². The van der Waals surface area contributed by atoms with Gasteiger partial charge in [-0.3, -0.25) is 4.79 Å². The number of rotatable bonds is 4. The minimum Gasteiger partial charge on any atom is -0.358 e. The molecule has 0 unspecified atom stereocenters. The molecule has 0 spiro atoms. The molecule has 7 heteroatoms. The molecule has 7 nitrogen and oxygen atoms in total. The van der Waals surface area contributed by atoms with Gasteiger partial charge in [0.25, 0.3) is 0 Å². The number of Topliss-reactive ketones (excluding diaryl/α,β-unsaturated/α-hetero) is 1. The molecule has 0 aromatic carbocycles. The van der Waals surface area contributed by atoms with Gasteiger partial charge < -0.3 is 14.7 Å². The summed E-state index contributed by atoms with van der Waals surface area (Å²) >= 11 is 0. The fourth-order valence-electron chi connectivity index (χ4n) is 1.68. The second-order valence-corrected chi connectivity index (χ2v) is 4.08. The molecule has 0 aliphatic carbocycles. The molecule has 0 saturated heterocycles. The molecule has 94 valence electrons. The number of nitrogens with zero attached hydrogens (tertiary/aromatic N) is 4. The Morgan fingerprint density at radius 2 is 2.22 bits per heavy atom. The third kappa shape index (κ3) is 2.29. The molecule has 0 saturated carbocycles. The van der Waals surface area contributed by atoms with Gasteiger partial charge in [-0.2, -0.15) is 4.68 Å². The summed E-state index contributed by atoms with van der Waals surface area (Å²) in [6.07, 6.45) is 4.97. The lowest BCUT2D eigenvalue weighted by Gasteiger charge is -1.94. The van der Waals surface area contributed by atoms with E-state index in [1.54, 1.807) is 30.0 Å². The van der Waals surface area contributed by atoms with Crippen LogP contribution in [0.4, 0.5) is 5.82 Å². The van der Waals surface area contributed by atoms with Gasteiger partial charge in [-0.15, -0.1) is 0 Å². The molecule has 0 bridgehead atoms. The van der Waals surface area contributed by atoms with Crippen molar-refractivity contribution in [3.63, 3.8) is 0 Å². The summed E-state index contributed by atoms with van der Waals surface area (Å²) in [5, 5.41) is 14.4. The van der Waals surface area contributed by atoms with E-state index in [2.05, 4.69) is 5.10 Å². The lowest BCUT2D eigenvalue weighted by Crippen LogP contribution is -2.10. The van der Waals surface area contributed by atoms with Crippen LogP contribution < -0.4 is 0 Å². The highest BCUT2D eigenvalue weighted by molar-refractivity contribution is 5.95. The highest BCUT2D eigenvalue weighted by Gasteiger charge is 2.19. The average molecular weight is 248 g/mol. The van der Waals surface area contributed by atoms with Crippen LogP contribution in [0.15, 0.2) is 24.7 Å². The van der Waals surface area contributed by atoms with E-state index in [0.29, 0.717) is 11.1 Å². The van der Waals surface area contributed by atoms with Crippen LogP contribution >= 0.6 is 0 Å². The SMILES string of the molecule is Cc1cn(CC(=O)c2ccn(C)c2)nc1[N+](=O)[O-]. The normalized spacial score (nSPS) is 10.6. The maximum Gasteiger partial charge on any atom is 0.392 e. The molecule has 0 fully saturated rings. The average Bonchev–Trinajstić information content (AvgIpc) is 2.85. The molecule has 2 rings (SSSR count). The van der Waals surface area contributed by atoms with Crippen LogP contribution in [-0.2, 0) is 13.6 Å². The van der Waals surface area contributed by atoms with E-state index in [1.165, 1.54) is 10.9 Å². The summed E-state index contributed by atoms with van der Waals surface area (Å²) < 4.78 is 3.06. The van der Waals surface area contributed by atoms with Crippen molar-refractivity contribution < 1.29 is 9.72 Å². The molecule has 0 aliphatic heterocycles. The number of aryl methyl sites for hydroxylation is 2. The number of aromatic nitrogens is 3. The molecule has 0 amide bonds. The summed E-state index contributed by atoms with van der Waals surface area (Å²) in [5.41, 5.74) is 1.01. The van der Waals surface area contributed by atoms with Crippen molar-refractivity contribution in [3.8, 4) is 0 Å². The lowest BCUT2D eigenvalue weighted by molar-refractivity contribution is -0.390. The summed E-state index contributed by atoms with van der Waals surface area (Å²) in [7, 11) is 1.82. The fraction of sp³-hybridized carbons (Fsp3) is 0.273. The molecular formula is C11H12N4O3. The smallest absolute Gasteiger partial charge is 0.358 e.